The maximum Gasteiger partial charge on any atom is 0.220 e. The van der Waals surface area contributed by atoms with E-state index in [9.17, 15) is 9.59 Å². The van der Waals surface area contributed by atoms with Crippen molar-refractivity contribution in [3.63, 3.8) is 0 Å². The van der Waals surface area contributed by atoms with E-state index in [1.165, 1.54) is 0 Å². The van der Waals surface area contributed by atoms with E-state index in [2.05, 4.69) is 0 Å². The van der Waals surface area contributed by atoms with E-state index in [-0.39, 0.29) is 18.1 Å². The van der Waals surface area contributed by atoms with Gasteiger partial charge in [-0.2, -0.15) is 0 Å². The number of benzene rings is 2. The van der Waals surface area contributed by atoms with Crippen molar-refractivity contribution in [2.45, 2.75) is 19.3 Å². The van der Waals surface area contributed by atoms with Gasteiger partial charge in [-0.3, -0.25) is 9.59 Å². The van der Waals surface area contributed by atoms with E-state index in [1.54, 1.807) is 6.92 Å². The van der Waals surface area contributed by atoms with Crippen LogP contribution in [0.25, 0.3) is 0 Å². The summed E-state index contributed by atoms with van der Waals surface area (Å²) in [6.45, 7) is 1.69. The molecule has 2 aromatic rings. The SMILES string of the molecule is C[C@H](CC(=O)C(c1ccccc1)c1ccccc1)C(N)=O. The van der Waals surface area contributed by atoms with Crippen molar-refractivity contribution in [2.75, 3.05) is 0 Å². The molecule has 108 valence electrons. The number of hydrogen-bond donors (Lipinski definition) is 1. The zero-order valence-corrected chi connectivity index (χ0v) is 12.0. The van der Waals surface area contributed by atoms with E-state index in [0.29, 0.717) is 0 Å². The van der Waals surface area contributed by atoms with Crippen LogP contribution in [0.2, 0.25) is 0 Å². The van der Waals surface area contributed by atoms with Crippen molar-refractivity contribution in [3.8, 4) is 0 Å². The van der Waals surface area contributed by atoms with Crippen molar-refractivity contribution in [2.24, 2.45) is 11.7 Å². The number of carbonyl (C=O) groups is 2. The molecule has 3 nitrogen and oxygen atoms in total. The smallest absolute Gasteiger partial charge is 0.220 e. The van der Waals surface area contributed by atoms with Gasteiger partial charge in [0.15, 0.2) is 0 Å². The maximum absolute atomic E-state index is 12.7. The molecular formula is C18H19NO2. The molecule has 0 fully saturated rings. The zero-order chi connectivity index (χ0) is 15.2. The minimum atomic E-state index is -0.451. The molecule has 0 aliphatic heterocycles. The van der Waals surface area contributed by atoms with Crippen LogP contribution in [0.4, 0.5) is 0 Å². The minimum Gasteiger partial charge on any atom is -0.369 e. The van der Waals surface area contributed by atoms with E-state index in [4.69, 9.17) is 5.73 Å². The van der Waals surface area contributed by atoms with E-state index >= 15 is 0 Å². The van der Waals surface area contributed by atoms with Crippen molar-refractivity contribution >= 4 is 11.7 Å². The fourth-order valence-electron chi connectivity index (χ4n) is 2.38. The summed E-state index contributed by atoms with van der Waals surface area (Å²) in [6.07, 6.45) is 0.157. The molecule has 1 amide bonds. The van der Waals surface area contributed by atoms with Gasteiger partial charge in [0.1, 0.15) is 5.78 Å². The van der Waals surface area contributed by atoms with Crippen LogP contribution in [0, 0.1) is 5.92 Å². The third-order valence-corrected chi connectivity index (χ3v) is 3.58. The first-order valence-corrected chi connectivity index (χ1v) is 7.01. The highest BCUT2D eigenvalue weighted by Crippen LogP contribution is 2.27. The van der Waals surface area contributed by atoms with Crippen LogP contribution in [0.3, 0.4) is 0 Å². The Kier molecular flexibility index (Phi) is 4.88. The molecule has 1 atom stereocenters. The summed E-state index contributed by atoms with van der Waals surface area (Å²) >= 11 is 0. The highest BCUT2D eigenvalue weighted by molar-refractivity contribution is 5.92. The molecule has 0 heterocycles. The summed E-state index contributed by atoms with van der Waals surface area (Å²) in [6, 6.07) is 19.2. The van der Waals surface area contributed by atoms with Crippen LogP contribution in [-0.2, 0) is 9.59 Å². The number of primary amides is 1. The van der Waals surface area contributed by atoms with Crippen molar-refractivity contribution in [3.05, 3.63) is 71.8 Å². The Labute approximate surface area is 124 Å². The van der Waals surface area contributed by atoms with Gasteiger partial charge in [-0.1, -0.05) is 67.6 Å². The highest BCUT2D eigenvalue weighted by Gasteiger charge is 2.25. The van der Waals surface area contributed by atoms with E-state index < -0.39 is 11.8 Å². The molecule has 0 radical (unpaired) electrons. The largest absolute Gasteiger partial charge is 0.369 e. The molecular weight excluding hydrogens is 262 g/mol. The lowest BCUT2D eigenvalue weighted by Gasteiger charge is -2.18. The molecule has 21 heavy (non-hydrogen) atoms. The van der Waals surface area contributed by atoms with Gasteiger partial charge in [-0.05, 0) is 11.1 Å². The van der Waals surface area contributed by atoms with Gasteiger partial charge in [-0.25, -0.2) is 0 Å². The number of amides is 1. The normalized spacial score (nSPS) is 12.1. The molecule has 0 unspecified atom stereocenters. The molecule has 0 saturated heterocycles. The standard InChI is InChI=1S/C18H19NO2/c1-13(18(19)21)12-16(20)17(14-8-4-2-5-9-14)15-10-6-3-7-11-15/h2-11,13,17H,12H2,1H3,(H2,19,21)/t13-/m1/s1. The first-order chi connectivity index (χ1) is 10.1. The summed E-state index contributed by atoms with van der Waals surface area (Å²) in [4.78, 5) is 23.9. The monoisotopic (exact) mass is 281 g/mol. The third kappa shape index (κ3) is 3.78. The van der Waals surface area contributed by atoms with E-state index in [1.807, 2.05) is 60.7 Å². The van der Waals surface area contributed by atoms with Crippen LogP contribution in [0.15, 0.2) is 60.7 Å². The maximum atomic E-state index is 12.7. The fourth-order valence-corrected chi connectivity index (χ4v) is 2.38. The summed E-state index contributed by atoms with van der Waals surface area (Å²) in [7, 11) is 0. The topological polar surface area (TPSA) is 60.2 Å². The Morgan fingerprint density at radius 1 is 0.905 bits per heavy atom. The Balaban J connectivity index is 2.33. The lowest BCUT2D eigenvalue weighted by molar-refractivity contribution is -0.127. The Morgan fingerprint density at radius 3 is 1.71 bits per heavy atom. The van der Waals surface area contributed by atoms with Gasteiger partial charge in [-0.15, -0.1) is 0 Å². The second kappa shape index (κ2) is 6.84. The van der Waals surface area contributed by atoms with Gasteiger partial charge >= 0.3 is 0 Å². The lowest BCUT2D eigenvalue weighted by atomic mass is 9.84. The van der Waals surface area contributed by atoms with Crippen LogP contribution in [-0.4, -0.2) is 11.7 Å². The van der Waals surface area contributed by atoms with Crippen molar-refractivity contribution in [1.82, 2.24) is 0 Å². The summed E-state index contributed by atoms with van der Waals surface area (Å²) in [5.74, 6) is -1.23. The van der Waals surface area contributed by atoms with Crippen LogP contribution in [0.1, 0.15) is 30.4 Å². The van der Waals surface area contributed by atoms with Crippen molar-refractivity contribution < 1.29 is 9.59 Å². The summed E-state index contributed by atoms with van der Waals surface area (Å²) < 4.78 is 0. The highest BCUT2D eigenvalue weighted by atomic mass is 16.1. The van der Waals surface area contributed by atoms with Gasteiger partial charge in [0.2, 0.25) is 5.91 Å². The molecule has 2 rings (SSSR count). The van der Waals surface area contributed by atoms with Gasteiger partial charge < -0.3 is 5.73 Å². The Morgan fingerprint density at radius 2 is 1.33 bits per heavy atom. The molecule has 0 bridgehead atoms. The number of Topliss-reactive ketones (excluding diaryl/α,β-unsaturated/α-hetero) is 1. The second-order valence-electron chi connectivity index (χ2n) is 5.23. The average Bonchev–Trinajstić information content (AvgIpc) is 2.49. The van der Waals surface area contributed by atoms with Gasteiger partial charge in [0, 0.05) is 12.3 Å². The average molecular weight is 281 g/mol. The first-order valence-electron chi connectivity index (χ1n) is 7.01. The Hall–Kier alpha value is -2.42. The Bertz CT molecular complexity index is 568. The molecule has 2 N–H and O–H groups in total. The predicted octanol–water partition coefficient (Wildman–Crippen LogP) is 2.90. The second-order valence-corrected chi connectivity index (χ2v) is 5.23. The third-order valence-electron chi connectivity index (χ3n) is 3.58. The van der Waals surface area contributed by atoms with Crippen LogP contribution in [0.5, 0.6) is 0 Å². The lowest BCUT2D eigenvalue weighted by Crippen LogP contribution is -2.25. The number of carbonyl (C=O) groups excluding carboxylic acids is 2. The molecule has 0 saturated carbocycles. The molecule has 0 aromatic heterocycles. The first kappa shape index (κ1) is 15.0. The van der Waals surface area contributed by atoms with E-state index in [0.717, 1.165) is 11.1 Å². The zero-order valence-electron chi connectivity index (χ0n) is 12.0. The predicted molar refractivity (Wildman–Crippen MR) is 82.7 cm³/mol. The van der Waals surface area contributed by atoms with Gasteiger partial charge in [0.25, 0.3) is 0 Å². The summed E-state index contributed by atoms with van der Waals surface area (Å²) in [5.41, 5.74) is 7.14. The van der Waals surface area contributed by atoms with Crippen LogP contribution < -0.4 is 5.73 Å². The minimum absolute atomic E-state index is 0.0127. The number of rotatable bonds is 6. The molecule has 2 aromatic carbocycles. The number of hydrogen-bond acceptors (Lipinski definition) is 2. The fraction of sp³-hybridized carbons (Fsp3) is 0.222. The quantitative estimate of drug-likeness (QED) is 0.885. The van der Waals surface area contributed by atoms with Gasteiger partial charge in [0.05, 0.1) is 5.92 Å². The molecule has 0 spiro atoms. The molecule has 0 aliphatic rings. The van der Waals surface area contributed by atoms with Crippen molar-refractivity contribution in [1.29, 1.82) is 0 Å². The number of nitrogens with two attached hydrogens (primary N) is 1. The summed E-state index contributed by atoms with van der Waals surface area (Å²) in [5, 5.41) is 0. The van der Waals surface area contributed by atoms with Crippen LogP contribution >= 0.6 is 0 Å². The molecule has 0 aliphatic carbocycles. The molecule has 3 heteroatoms. The number of ketones is 1.